The summed E-state index contributed by atoms with van der Waals surface area (Å²) in [7, 11) is 0. The Labute approximate surface area is 133 Å². The van der Waals surface area contributed by atoms with Gasteiger partial charge in [0, 0.05) is 24.0 Å². The van der Waals surface area contributed by atoms with Gasteiger partial charge in [-0.2, -0.15) is 5.10 Å². The lowest BCUT2D eigenvalue weighted by molar-refractivity contribution is 0.272. The SMILES string of the molecule is Oc1cc(Cl)c(Cl)cc1C(C1CCNCC1)n1cccn1. The first kappa shape index (κ1) is 14.7. The van der Waals surface area contributed by atoms with Gasteiger partial charge >= 0.3 is 0 Å². The Morgan fingerprint density at radius 2 is 1.95 bits per heavy atom. The van der Waals surface area contributed by atoms with E-state index in [1.54, 1.807) is 12.3 Å². The number of rotatable bonds is 3. The summed E-state index contributed by atoms with van der Waals surface area (Å²) in [5.41, 5.74) is 0.778. The first-order valence-electron chi connectivity index (χ1n) is 7.04. The molecule has 1 atom stereocenters. The molecule has 0 saturated carbocycles. The summed E-state index contributed by atoms with van der Waals surface area (Å²) in [6.45, 7) is 1.95. The maximum atomic E-state index is 10.3. The minimum absolute atomic E-state index is 0.0307. The highest BCUT2D eigenvalue weighted by molar-refractivity contribution is 6.42. The van der Waals surface area contributed by atoms with E-state index in [9.17, 15) is 5.11 Å². The second kappa shape index (κ2) is 6.26. The fourth-order valence-electron chi connectivity index (χ4n) is 3.01. The van der Waals surface area contributed by atoms with Gasteiger partial charge in [0.25, 0.3) is 0 Å². The molecule has 2 heterocycles. The van der Waals surface area contributed by atoms with Crippen LogP contribution in [-0.4, -0.2) is 28.0 Å². The molecule has 0 amide bonds. The summed E-state index contributed by atoms with van der Waals surface area (Å²) in [5, 5.41) is 18.9. The van der Waals surface area contributed by atoms with Crippen molar-refractivity contribution in [2.75, 3.05) is 13.1 Å². The van der Waals surface area contributed by atoms with E-state index >= 15 is 0 Å². The molecule has 1 aliphatic heterocycles. The molecule has 1 aliphatic rings. The van der Waals surface area contributed by atoms with Gasteiger partial charge in [-0.15, -0.1) is 0 Å². The maximum absolute atomic E-state index is 10.3. The summed E-state index contributed by atoms with van der Waals surface area (Å²) in [6.07, 6.45) is 5.74. The largest absolute Gasteiger partial charge is 0.508 e. The number of piperidine rings is 1. The number of halogens is 2. The molecule has 4 nitrogen and oxygen atoms in total. The van der Waals surface area contributed by atoms with Crippen molar-refractivity contribution in [1.82, 2.24) is 15.1 Å². The molecule has 2 N–H and O–H groups in total. The third kappa shape index (κ3) is 3.03. The first-order valence-corrected chi connectivity index (χ1v) is 7.80. The Bertz CT molecular complexity index is 610. The van der Waals surface area contributed by atoms with Crippen LogP contribution in [0.5, 0.6) is 5.75 Å². The molecular weight excluding hydrogens is 309 g/mol. The van der Waals surface area contributed by atoms with Crippen LogP contribution in [0.4, 0.5) is 0 Å². The van der Waals surface area contributed by atoms with Crippen LogP contribution in [-0.2, 0) is 0 Å². The minimum Gasteiger partial charge on any atom is -0.508 e. The molecule has 3 rings (SSSR count). The number of phenolic OH excluding ortho intramolecular Hbond substituents is 1. The lowest BCUT2D eigenvalue weighted by Crippen LogP contribution is -2.33. The number of aromatic nitrogens is 2. The van der Waals surface area contributed by atoms with Crippen LogP contribution in [0.15, 0.2) is 30.6 Å². The summed E-state index contributed by atoms with van der Waals surface area (Å²) in [4.78, 5) is 0. The van der Waals surface area contributed by atoms with E-state index in [1.807, 2.05) is 16.9 Å². The Hall–Kier alpha value is -1.23. The zero-order valence-corrected chi connectivity index (χ0v) is 13.0. The van der Waals surface area contributed by atoms with Crippen molar-refractivity contribution < 1.29 is 5.11 Å². The van der Waals surface area contributed by atoms with Gasteiger partial charge in [-0.1, -0.05) is 23.2 Å². The van der Waals surface area contributed by atoms with Crippen molar-refractivity contribution >= 4 is 23.2 Å². The van der Waals surface area contributed by atoms with E-state index in [1.165, 1.54) is 6.07 Å². The first-order chi connectivity index (χ1) is 10.2. The predicted octanol–water partition coefficient (Wildman–Crippen LogP) is 3.48. The highest BCUT2D eigenvalue weighted by Crippen LogP contribution is 2.40. The van der Waals surface area contributed by atoms with Crippen molar-refractivity contribution in [3.8, 4) is 5.75 Å². The van der Waals surface area contributed by atoms with Gasteiger partial charge in [-0.3, -0.25) is 4.68 Å². The number of nitrogens with one attached hydrogen (secondary N) is 1. The normalized spacial score (nSPS) is 17.8. The van der Waals surface area contributed by atoms with Gasteiger partial charge in [-0.25, -0.2) is 0 Å². The molecule has 21 heavy (non-hydrogen) atoms. The molecule has 1 unspecified atom stereocenters. The van der Waals surface area contributed by atoms with Crippen molar-refractivity contribution in [1.29, 1.82) is 0 Å². The molecule has 2 aromatic rings. The summed E-state index contributed by atoms with van der Waals surface area (Å²) < 4.78 is 1.90. The zero-order valence-electron chi connectivity index (χ0n) is 11.5. The number of hydrogen-bond acceptors (Lipinski definition) is 3. The molecule has 1 fully saturated rings. The van der Waals surface area contributed by atoms with Crippen molar-refractivity contribution in [3.63, 3.8) is 0 Å². The van der Waals surface area contributed by atoms with E-state index in [0.29, 0.717) is 16.0 Å². The number of phenols is 1. The lowest BCUT2D eigenvalue weighted by Gasteiger charge is -2.31. The smallest absolute Gasteiger partial charge is 0.122 e. The monoisotopic (exact) mass is 325 g/mol. The lowest BCUT2D eigenvalue weighted by atomic mass is 9.85. The molecule has 0 aliphatic carbocycles. The van der Waals surface area contributed by atoms with E-state index in [-0.39, 0.29) is 11.8 Å². The summed E-state index contributed by atoms with van der Waals surface area (Å²) in [6, 6.07) is 5.13. The predicted molar refractivity (Wildman–Crippen MR) is 84.1 cm³/mol. The highest BCUT2D eigenvalue weighted by Gasteiger charge is 2.29. The number of benzene rings is 1. The molecule has 0 spiro atoms. The number of hydrogen-bond donors (Lipinski definition) is 2. The van der Waals surface area contributed by atoms with Crippen LogP contribution in [0.3, 0.4) is 0 Å². The molecule has 6 heteroatoms. The second-order valence-electron chi connectivity index (χ2n) is 5.34. The van der Waals surface area contributed by atoms with Crippen LogP contribution in [0.1, 0.15) is 24.4 Å². The Kier molecular flexibility index (Phi) is 4.38. The third-order valence-corrected chi connectivity index (χ3v) is 4.75. The Balaban J connectivity index is 2.04. The van der Waals surface area contributed by atoms with Crippen LogP contribution in [0, 0.1) is 5.92 Å². The molecule has 1 aromatic heterocycles. The van der Waals surface area contributed by atoms with E-state index in [2.05, 4.69) is 10.4 Å². The van der Waals surface area contributed by atoms with Gasteiger partial charge in [0.1, 0.15) is 5.75 Å². The number of aromatic hydroxyl groups is 1. The summed E-state index contributed by atoms with van der Waals surface area (Å²) in [5.74, 6) is 0.567. The van der Waals surface area contributed by atoms with E-state index in [4.69, 9.17) is 23.2 Å². The van der Waals surface area contributed by atoms with Crippen molar-refractivity contribution in [2.24, 2.45) is 5.92 Å². The van der Waals surface area contributed by atoms with E-state index < -0.39 is 0 Å². The molecular formula is C15H17Cl2N3O. The quantitative estimate of drug-likeness (QED) is 0.908. The van der Waals surface area contributed by atoms with Gasteiger partial charge < -0.3 is 10.4 Å². The van der Waals surface area contributed by atoms with Gasteiger partial charge in [0.2, 0.25) is 0 Å². The van der Waals surface area contributed by atoms with Crippen LogP contribution >= 0.6 is 23.2 Å². The van der Waals surface area contributed by atoms with Crippen LogP contribution in [0.2, 0.25) is 10.0 Å². The fourth-order valence-corrected chi connectivity index (χ4v) is 3.34. The summed E-state index contributed by atoms with van der Waals surface area (Å²) >= 11 is 12.1. The maximum Gasteiger partial charge on any atom is 0.122 e. The van der Waals surface area contributed by atoms with Crippen molar-refractivity contribution in [2.45, 2.75) is 18.9 Å². The van der Waals surface area contributed by atoms with E-state index in [0.717, 1.165) is 31.5 Å². The van der Waals surface area contributed by atoms with Crippen LogP contribution < -0.4 is 5.32 Å². The highest BCUT2D eigenvalue weighted by atomic mass is 35.5. The molecule has 1 saturated heterocycles. The molecule has 1 aromatic carbocycles. The molecule has 112 valence electrons. The average Bonchev–Trinajstić information content (AvgIpc) is 3.00. The van der Waals surface area contributed by atoms with Crippen molar-refractivity contribution in [3.05, 3.63) is 46.2 Å². The third-order valence-electron chi connectivity index (χ3n) is 4.03. The number of nitrogens with zero attached hydrogens (tertiary/aromatic N) is 2. The van der Waals surface area contributed by atoms with Gasteiger partial charge in [0.15, 0.2) is 0 Å². The fraction of sp³-hybridized carbons (Fsp3) is 0.400. The Morgan fingerprint density at radius 1 is 1.24 bits per heavy atom. The average molecular weight is 326 g/mol. The molecule has 0 bridgehead atoms. The minimum atomic E-state index is -0.0307. The Morgan fingerprint density at radius 3 is 2.62 bits per heavy atom. The molecule has 0 radical (unpaired) electrons. The topological polar surface area (TPSA) is 50.1 Å². The van der Waals surface area contributed by atoms with Gasteiger partial charge in [-0.05, 0) is 44.0 Å². The van der Waals surface area contributed by atoms with Gasteiger partial charge in [0.05, 0.1) is 16.1 Å². The standard InChI is InChI=1S/C15H17Cl2N3O/c16-12-8-11(14(21)9-13(12)17)15(20-7-1-4-19-20)10-2-5-18-6-3-10/h1,4,7-10,15,18,21H,2-3,5-6H2. The zero-order chi connectivity index (χ0) is 14.8. The van der Waals surface area contributed by atoms with Crippen LogP contribution in [0.25, 0.3) is 0 Å². The second-order valence-corrected chi connectivity index (χ2v) is 6.16.